The van der Waals surface area contributed by atoms with Crippen molar-refractivity contribution in [1.29, 1.82) is 0 Å². The minimum Gasteiger partial charge on any atom is -0.384 e. The maximum absolute atomic E-state index is 12.8. The monoisotopic (exact) mass is 368 g/mol. The molecule has 2 aromatic heterocycles. The van der Waals surface area contributed by atoms with Crippen LogP contribution in [0, 0.1) is 0 Å². The van der Waals surface area contributed by atoms with Crippen molar-refractivity contribution in [2.45, 2.75) is 18.8 Å². The molecule has 0 radical (unpaired) electrons. The summed E-state index contributed by atoms with van der Waals surface area (Å²) in [5.74, 6) is 1.57. The van der Waals surface area contributed by atoms with Gasteiger partial charge in [-0.2, -0.15) is 0 Å². The lowest BCUT2D eigenvalue weighted by atomic mass is 9.94. The molecule has 4 rings (SSSR count). The molecule has 2 aromatic rings. The molecular formula is C19H24N6O2. The largest absolute Gasteiger partial charge is 0.384 e. The highest BCUT2D eigenvalue weighted by Gasteiger charge is 2.27. The van der Waals surface area contributed by atoms with Crippen LogP contribution in [-0.4, -0.2) is 65.2 Å². The van der Waals surface area contributed by atoms with Gasteiger partial charge in [0, 0.05) is 44.4 Å². The van der Waals surface area contributed by atoms with Crippen LogP contribution in [0.3, 0.4) is 0 Å². The van der Waals surface area contributed by atoms with E-state index in [1.165, 1.54) is 0 Å². The first kappa shape index (κ1) is 17.7. The van der Waals surface area contributed by atoms with E-state index in [0.717, 1.165) is 57.2 Å². The summed E-state index contributed by atoms with van der Waals surface area (Å²) < 4.78 is 5.42. The number of ether oxygens (including phenoxy) is 1. The van der Waals surface area contributed by atoms with Crippen LogP contribution in [0.1, 0.15) is 34.8 Å². The molecule has 1 amide bonds. The summed E-state index contributed by atoms with van der Waals surface area (Å²) in [7, 11) is 0. The van der Waals surface area contributed by atoms with Crippen molar-refractivity contribution in [3.8, 4) is 0 Å². The van der Waals surface area contributed by atoms with Crippen molar-refractivity contribution in [3.63, 3.8) is 0 Å². The second-order valence-corrected chi connectivity index (χ2v) is 6.96. The van der Waals surface area contributed by atoms with Gasteiger partial charge in [-0.1, -0.05) is 0 Å². The van der Waals surface area contributed by atoms with Gasteiger partial charge < -0.3 is 20.3 Å². The fraction of sp³-hybridized carbons (Fsp3) is 0.474. The van der Waals surface area contributed by atoms with Gasteiger partial charge in [-0.3, -0.25) is 4.79 Å². The molecule has 0 aliphatic carbocycles. The Hall–Kier alpha value is -2.74. The number of nitrogens with two attached hydrogens (primary N) is 1. The van der Waals surface area contributed by atoms with Crippen LogP contribution in [0.4, 0.5) is 11.6 Å². The summed E-state index contributed by atoms with van der Waals surface area (Å²) >= 11 is 0. The van der Waals surface area contributed by atoms with E-state index in [1.54, 1.807) is 24.7 Å². The number of piperidine rings is 1. The van der Waals surface area contributed by atoms with Gasteiger partial charge in [-0.05, 0) is 25.0 Å². The Labute approximate surface area is 158 Å². The maximum atomic E-state index is 12.8. The maximum Gasteiger partial charge on any atom is 0.255 e. The van der Waals surface area contributed by atoms with E-state index in [-0.39, 0.29) is 11.8 Å². The first-order chi connectivity index (χ1) is 13.2. The zero-order chi connectivity index (χ0) is 18.6. The van der Waals surface area contributed by atoms with Gasteiger partial charge in [0.05, 0.1) is 24.5 Å². The van der Waals surface area contributed by atoms with Crippen LogP contribution in [0.5, 0.6) is 0 Å². The Kier molecular flexibility index (Phi) is 5.15. The number of nitrogen functional groups attached to an aromatic ring is 1. The van der Waals surface area contributed by atoms with Crippen LogP contribution in [0.15, 0.2) is 30.7 Å². The van der Waals surface area contributed by atoms with Gasteiger partial charge in [-0.15, -0.1) is 0 Å². The van der Waals surface area contributed by atoms with Crippen LogP contribution in [0.25, 0.3) is 0 Å². The number of anilines is 2. The van der Waals surface area contributed by atoms with Crippen molar-refractivity contribution in [2.75, 3.05) is 50.0 Å². The van der Waals surface area contributed by atoms with E-state index >= 15 is 0 Å². The molecule has 8 heteroatoms. The number of pyridine rings is 1. The van der Waals surface area contributed by atoms with E-state index in [1.807, 2.05) is 4.90 Å². The zero-order valence-corrected chi connectivity index (χ0v) is 15.3. The molecule has 2 N–H and O–H groups in total. The van der Waals surface area contributed by atoms with E-state index in [2.05, 4.69) is 25.9 Å². The lowest BCUT2D eigenvalue weighted by Gasteiger charge is -2.33. The topological polar surface area (TPSA) is 97.5 Å². The van der Waals surface area contributed by atoms with Gasteiger partial charge in [0.1, 0.15) is 18.0 Å². The molecule has 0 saturated carbocycles. The average Bonchev–Trinajstić information content (AvgIpc) is 2.75. The Balaban J connectivity index is 1.48. The molecule has 8 nitrogen and oxygen atoms in total. The van der Waals surface area contributed by atoms with Gasteiger partial charge in [0.2, 0.25) is 0 Å². The number of hydrogen-bond acceptors (Lipinski definition) is 7. The highest BCUT2D eigenvalue weighted by Crippen LogP contribution is 2.28. The Morgan fingerprint density at radius 3 is 2.78 bits per heavy atom. The summed E-state index contributed by atoms with van der Waals surface area (Å²) in [4.78, 5) is 29.9. The summed E-state index contributed by atoms with van der Waals surface area (Å²) in [5.41, 5.74) is 7.19. The Morgan fingerprint density at radius 1 is 1.15 bits per heavy atom. The Bertz CT molecular complexity index is 791. The zero-order valence-electron chi connectivity index (χ0n) is 15.3. The van der Waals surface area contributed by atoms with Gasteiger partial charge in [-0.25, -0.2) is 15.0 Å². The van der Waals surface area contributed by atoms with E-state index < -0.39 is 0 Å². The number of hydrogen-bond donors (Lipinski definition) is 1. The summed E-state index contributed by atoms with van der Waals surface area (Å²) in [6.45, 7) is 4.54. The van der Waals surface area contributed by atoms with Crippen LogP contribution in [-0.2, 0) is 4.74 Å². The quantitative estimate of drug-likeness (QED) is 0.872. The lowest BCUT2D eigenvalue weighted by molar-refractivity contribution is 0.0705. The third-order valence-corrected chi connectivity index (χ3v) is 5.17. The van der Waals surface area contributed by atoms with Crippen LogP contribution in [0.2, 0.25) is 0 Å². The highest BCUT2D eigenvalue weighted by molar-refractivity contribution is 5.94. The first-order valence-corrected chi connectivity index (χ1v) is 9.36. The van der Waals surface area contributed by atoms with E-state index in [4.69, 9.17) is 10.5 Å². The number of rotatable bonds is 3. The summed E-state index contributed by atoms with van der Waals surface area (Å²) in [6, 6.07) is 5.46. The molecule has 142 valence electrons. The standard InChI is InChI=1S/C19H24N6O2/c20-17-4-3-14(11-21-17)19(26)25-5-1-2-15(12-25)16-10-18(23-13-22-16)24-6-8-27-9-7-24/h3-4,10-11,13,15H,1-2,5-9,12H2,(H2,20,21). The molecule has 0 spiro atoms. The predicted molar refractivity (Wildman–Crippen MR) is 102 cm³/mol. The summed E-state index contributed by atoms with van der Waals surface area (Å²) in [6.07, 6.45) is 5.15. The van der Waals surface area contributed by atoms with Gasteiger partial charge >= 0.3 is 0 Å². The fourth-order valence-electron chi connectivity index (χ4n) is 3.67. The highest BCUT2D eigenvalue weighted by atomic mass is 16.5. The normalized spacial score (nSPS) is 20.5. The second kappa shape index (κ2) is 7.87. The van der Waals surface area contributed by atoms with Crippen molar-refractivity contribution in [2.24, 2.45) is 0 Å². The molecule has 0 aromatic carbocycles. The van der Waals surface area contributed by atoms with Crippen molar-refractivity contribution in [3.05, 3.63) is 42.0 Å². The Morgan fingerprint density at radius 2 is 2.00 bits per heavy atom. The molecule has 0 bridgehead atoms. The SMILES string of the molecule is Nc1ccc(C(=O)N2CCCC(c3cc(N4CCOCC4)ncn3)C2)cn1. The van der Waals surface area contributed by atoms with E-state index in [0.29, 0.717) is 17.9 Å². The van der Waals surface area contributed by atoms with Crippen LogP contribution >= 0.6 is 0 Å². The molecule has 2 fully saturated rings. The number of nitrogens with zero attached hydrogens (tertiary/aromatic N) is 5. The van der Waals surface area contributed by atoms with Crippen LogP contribution < -0.4 is 10.6 Å². The smallest absolute Gasteiger partial charge is 0.255 e. The molecule has 1 unspecified atom stereocenters. The van der Waals surface area contributed by atoms with Crippen molar-refractivity contribution < 1.29 is 9.53 Å². The molecular weight excluding hydrogens is 344 g/mol. The average molecular weight is 368 g/mol. The lowest BCUT2D eigenvalue weighted by Crippen LogP contribution is -2.39. The second-order valence-electron chi connectivity index (χ2n) is 6.96. The molecule has 2 aliphatic heterocycles. The number of carbonyl (C=O) groups excluding carboxylic acids is 1. The van der Waals surface area contributed by atoms with Gasteiger partial charge in [0.15, 0.2) is 0 Å². The summed E-state index contributed by atoms with van der Waals surface area (Å²) in [5, 5.41) is 0. The first-order valence-electron chi connectivity index (χ1n) is 9.36. The van der Waals surface area contributed by atoms with Gasteiger partial charge in [0.25, 0.3) is 5.91 Å². The number of carbonyl (C=O) groups is 1. The molecule has 27 heavy (non-hydrogen) atoms. The number of amides is 1. The van der Waals surface area contributed by atoms with E-state index in [9.17, 15) is 4.79 Å². The molecule has 2 saturated heterocycles. The predicted octanol–water partition coefficient (Wildman–Crippen LogP) is 1.31. The van der Waals surface area contributed by atoms with Crippen molar-refractivity contribution in [1.82, 2.24) is 19.9 Å². The molecule has 2 aliphatic rings. The van der Waals surface area contributed by atoms with Crippen molar-refractivity contribution >= 4 is 17.5 Å². The minimum atomic E-state index is -0.00495. The number of aromatic nitrogens is 3. The third kappa shape index (κ3) is 4.00. The molecule has 4 heterocycles. The fourth-order valence-corrected chi connectivity index (χ4v) is 3.67. The minimum absolute atomic E-state index is 0.00495. The molecule has 1 atom stereocenters. The third-order valence-electron chi connectivity index (χ3n) is 5.17. The number of morpholine rings is 1. The number of likely N-dealkylation sites (tertiary alicyclic amines) is 1.